The molecule has 0 spiro atoms. The summed E-state index contributed by atoms with van der Waals surface area (Å²) in [4.78, 5) is 13.8. The Morgan fingerprint density at radius 3 is 3.28 bits per heavy atom. The first-order chi connectivity index (χ1) is 8.81. The molecule has 1 aliphatic heterocycles. The number of aromatic nitrogens is 2. The van der Waals surface area contributed by atoms with Gasteiger partial charge in [0, 0.05) is 37.4 Å². The van der Waals surface area contributed by atoms with Crippen LogP contribution >= 0.6 is 0 Å². The van der Waals surface area contributed by atoms with E-state index in [2.05, 4.69) is 10.2 Å². The smallest absolute Gasteiger partial charge is 0.248 e. The molecule has 0 radical (unpaired) electrons. The third-order valence-corrected chi connectivity index (χ3v) is 3.22. The lowest BCUT2D eigenvalue weighted by Gasteiger charge is -2.32. The Bertz CT molecular complexity index is 366. The number of H-pyrrole nitrogens is 1. The maximum absolute atomic E-state index is 11.9. The summed E-state index contributed by atoms with van der Waals surface area (Å²) in [7, 11) is 0. The monoisotopic (exact) mass is 252 g/mol. The van der Waals surface area contributed by atoms with Crippen molar-refractivity contribution in [3.63, 3.8) is 0 Å². The number of aromatic amines is 1. The van der Waals surface area contributed by atoms with Gasteiger partial charge >= 0.3 is 0 Å². The zero-order chi connectivity index (χ0) is 12.8. The molecule has 0 aromatic carbocycles. The average Bonchev–Trinajstić information content (AvgIpc) is 2.93. The second-order valence-corrected chi connectivity index (χ2v) is 4.53. The van der Waals surface area contributed by atoms with Crippen molar-refractivity contribution >= 4 is 5.91 Å². The highest BCUT2D eigenvalue weighted by molar-refractivity contribution is 5.77. The fourth-order valence-corrected chi connectivity index (χ4v) is 2.29. The number of amides is 1. The molecule has 1 aliphatic rings. The molecule has 18 heavy (non-hydrogen) atoms. The van der Waals surface area contributed by atoms with Gasteiger partial charge in [-0.2, -0.15) is 5.10 Å². The molecule has 2 rings (SSSR count). The van der Waals surface area contributed by atoms with Gasteiger partial charge in [-0.3, -0.25) is 9.89 Å². The maximum Gasteiger partial charge on any atom is 0.248 e. The number of likely N-dealkylation sites (tertiary alicyclic amines) is 1. The molecule has 1 amide bonds. The van der Waals surface area contributed by atoms with Crippen molar-refractivity contribution in [3.8, 4) is 0 Å². The van der Waals surface area contributed by atoms with Gasteiger partial charge in [-0.25, -0.2) is 0 Å². The van der Waals surface area contributed by atoms with E-state index in [1.807, 2.05) is 11.0 Å². The van der Waals surface area contributed by atoms with Gasteiger partial charge in [0.15, 0.2) is 0 Å². The molecular weight excluding hydrogens is 232 g/mol. The van der Waals surface area contributed by atoms with Crippen molar-refractivity contribution in [2.45, 2.75) is 18.8 Å². The number of ether oxygens (including phenoxy) is 1. The molecule has 1 atom stereocenters. The fraction of sp³-hybridized carbons (Fsp3) is 0.667. The largest absolute Gasteiger partial charge is 0.370 e. The van der Waals surface area contributed by atoms with Gasteiger partial charge in [-0.15, -0.1) is 0 Å². The standard InChI is InChI=1S/C12H20N4O2/c13-4-7-18-9-12(17)16-6-1-2-10(8-16)11-3-5-14-15-11/h3,5,10H,1-2,4,6-9,13H2,(H,14,15). The molecule has 0 aliphatic carbocycles. The number of hydrogen-bond acceptors (Lipinski definition) is 4. The van der Waals surface area contributed by atoms with Crippen molar-refractivity contribution in [2.24, 2.45) is 5.73 Å². The van der Waals surface area contributed by atoms with Crippen LogP contribution in [-0.2, 0) is 9.53 Å². The number of carbonyl (C=O) groups excluding carboxylic acids is 1. The summed E-state index contributed by atoms with van der Waals surface area (Å²) in [5.74, 6) is 0.410. The van der Waals surface area contributed by atoms with Crippen LogP contribution < -0.4 is 5.73 Å². The van der Waals surface area contributed by atoms with Gasteiger partial charge < -0.3 is 15.4 Å². The molecule has 1 fully saturated rings. The average molecular weight is 252 g/mol. The van der Waals surface area contributed by atoms with Crippen molar-refractivity contribution in [2.75, 3.05) is 32.8 Å². The van der Waals surface area contributed by atoms with E-state index in [0.717, 1.165) is 31.6 Å². The van der Waals surface area contributed by atoms with Crippen molar-refractivity contribution < 1.29 is 9.53 Å². The highest BCUT2D eigenvalue weighted by atomic mass is 16.5. The van der Waals surface area contributed by atoms with E-state index in [1.54, 1.807) is 6.20 Å². The first-order valence-electron chi connectivity index (χ1n) is 6.36. The van der Waals surface area contributed by atoms with Crippen molar-refractivity contribution in [3.05, 3.63) is 18.0 Å². The predicted octanol–water partition coefficient (Wildman–Crippen LogP) is 0.0910. The second kappa shape index (κ2) is 6.51. The van der Waals surface area contributed by atoms with E-state index in [-0.39, 0.29) is 12.5 Å². The summed E-state index contributed by atoms with van der Waals surface area (Å²) in [6, 6.07) is 1.98. The number of carbonyl (C=O) groups is 1. The molecule has 3 N–H and O–H groups in total. The number of nitrogens with zero attached hydrogens (tertiary/aromatic N) is 2. The highest BCUT2D eigenvalue weighted by Gasteiger charge is 2.25. The molecule has 2 heterocycles. The van der Waals surface area contributed by atoms with Gasteiger partial charge in [-0.1, -0.05) is 0 Å². The normalized spacial score (nSPS) is 20.1. The third kappa shape index (κ3) is 3.30. The molecular formula is C12H20N4O2. The Kier molecular flexibility index (Phi) is 4.72. The molecule has 6 heteroatoms. The quantitative estimate of drug-likeness (QED) is 0.727. The summed E-state index contributed by atoms with van der Waals surface area (Å²) in [6.45, 7) is 2.57. The number of nitrogens with one attached hydrogen (secondary N) is 1. The van der Waals surface area contributed by atoms with E-state index < -0.39 is 0 Å². The topological polar surface area (TPSA) is 84.2 Å². The summed E-state index contributed by atoms with van der Waals surface area (Å²) in [5, 5.41) is 6.94. The fourth-order valence-electron chi connectivity index (χ4n) is 2.29. The first kappa shape index (κ1) is 13.0. The van der Waals surface area contributed by atoms with E-state index in [1.165, 1.54) is 0 Å². The molecule has 1 unspecified atom stereocenters. The van der Waals surface area contributed by atoms with Gasteiger partial charge in [0.05, 0.1) is 6.61 Å². The van der Waals surface area contributed by atoms with E-state index in [0.29, 0.717) is 19.1 Å². The first-order valence-corrected chi connectivity index (χ1v) is 6.36. The molecule has 1 saturated heterocycles. The molecule has 0 bridgehead atoms. The zero-order valence-electron chi connectivity index (χ0n) is 10.5. The Morgan fingerprint density at radius 1 is 1.67 bits per heavy atom. The van der Waals surface area contributed by atoms with E-state index >= 15 is 0 Å². The van der Waals surface area contributed by atoms with Crippen LogP contribution in [0.25, 0.3) is 0 Å². The van der Waals surface area contributed by atoms with Crippen molar-refractivity contribution in [1.82, 2.24) is 15.1 Å². The lowest BCUT2D eigenvalue weighted by molar-refractivity contribution is -0.137. The van der Waals surface area contributed by atoms with Crippen LogP contribution in [0.4, 0.5) is 0 Å². The van der Waals surface area contributed by atoms with Crippen LogP contribution in [0, 0.1) is 0 Å². The van der Waals surface area contributed by atoms with E-state index in [9.17, 15) is 4.79 Å². The molecule has 100 valence electrons. The van der Waals surface area contributed by atoms with Crippen LogP contribution in [-0.4, -0.2) is 53.9 Å². The Hall–Kier alpha value is -1.40. The number of nitrogens with two attached hydrogens (primary N) is 1. The Balaban J connectivity index is 1.84. The number of piperidine rings is 1. The highest BCUT2D eigenvalue weighted by Crippen LogP contribution is 2.25. The van der Waals surface area contributed by atoms with E-state index in [4.69, 9.17) is 10.5 Å². The third-order valence-electron chi connectivity index (χ3n) is 3.22. The minimum atomic E-state index is 0.0488. The Labute approximate surface area is 106 Å². The zero-order valence-corrected chi connectivity index (χ0v) is 10.5. The van der Waals surface area contributed by atoms with Gasteiger partial charge in [0.25, 0.3) is 0 Å². The van der Waals surface area contributed by atoms with Crippen LogP contribution in [0.1, 0.15) is 24.5 Å². The van der Waals surface area contributed by atoms with Crippen molar-refractivity contribution in [1.29, 1.82) is 0 Å². The van der Waals surface area contributed by atoms with Gasteiger partial charge in [-0.05, 0) is 18.9 Å². The van der Waals surface area contributed by atoms with Crippen LogP contribution in [0.3, 0.4) is 0 Å². The molecule has 1 aromatic rings. The number of hydrogen-bond donors (Lipinski definition) is 2. The molecule has 1 aromatic heterocycles. The maximum atomic E-state index is 11.9. The summed E-state index contributed by atoms with van der Waals surface area (Å²) in [5.41, 5.74) is 6.43. The lowest BCUT2D eigenvalue weighted by Crippen LogP contribution is -2.41. The molecule has 6 nitrogen and oxygen atoms in total. The minimum absolute atomic E-state index is 0.0488. The van der Waals surface area contributed by atoms with Gasteiger partial charge in [0.1, 0.15) is 6.61 Å². The molecule has 0 saturated carbocycles. The van der Waals surface area contributed by atoms with Crippen LogP contribution in [0.2, 0.25) is 0 Å². The van der Waals surface area contributed by atoms with Gasteiger partial charge in [0.2, 0.25) is 5.91 Å². The SMILES string of the molecule is NCCOCC(=O)N1CCCC(c2ccn[nH]2)C1. The Morgan fingerprint density at radius 2 is 2.56 bits per heavy atom. The summed E-state index contributed by atoms with van der Waals surface area (Å²) in [6.07, 6.45) is 3.86. The summed E-state index contributed by atoms with van der Waals surface area (Å²) < 4.78 is 5.19. The predicted molar refractivity (Wildman–Crippen MR) is 67.0 cm³/mol. The minimum Gasteiger partial charge on any atom is -0.370 e. The number of rotatable bonds is 5. The second-order valence-electron chi connectivity index (χ2n) is 4.53. The van der Waals surface area contributed by atoms with Crippen LogP contribution in [0.5, 0.6) is 0 Å². The summed E-state index contributed by atoms with van der Waals surface area (Å²) >= 11 is 0. The van der Waals surface area contributed by atoms with Crippen LogP contribution in [0.15, 0.2) is 12.3 Å². The lowest BCUT2D eigenvalue weighted by atomic mass is 9.95.